The van der Waals surface area contributed by atoms with Crippen LogP contribution < -0.4 is 4.74 Å². The Morgan fingerprint density at radius 2 is 2.18 bits per heavy atom. The van der Waals surface area contributed by atoms with Crippen molar-refractivity contribution >= 4 is 17.9 Å². The second kappa shape index (κ2) is 5.68. The average molecular weight is 318 g/mol. The molecule has 0 saturated heterocycles. The molecule has 0 amide bonds. The van der Waals surface area contributed by atoms with Crippen LogP contribution in [0.4, 0.5) is 4.79 Å². The summed E-state index contributed by atoms with van der Waals surface area (Å²) in [7, 11) is 1.29. The van der Waals surface area contributed by atoms with Crippen molar-refractivity contribution in [2.75, 3.05) is 7.11 Å². The largest absolute Gasteiger partial charge is 0.514 e. The Labute approximate surface area is 133 Å². The van der Waals surface area contributed by atoms with E-state index in [4.69, 9.17) is 4.74 Å². The number of benzene rings is 1. The van der Waals surface area contributed by atoms with Crippen molar-refractivity contribution in [3.8, 4) is 5.88 Å². The van der Waals surface area contributed by atoms with Gasteiger partial charge in [-0.05, 0) is 25.0 Å². The Hall–Kier alpha value is -1.95. The van der Waals surface area contributed by atoms with Crippen LogP contribution in [0, 0.1) is 0 Å². The van der Waals surface area contributed by atoms with Crippen molar-refractivity contribution in [3.05, 3.63) is 47.9 Å². The maximum absolute atomic E-state index is 11.4. The first-order valence-electron chi connectivity index (χ1n) is 7.02. The summed E-state index contributed by atoms with van der Waals surface area (Å²) in [5.74, 6) is 1.36. The van der Waals surface area contributed by atoms with Crippen molar-refractivity contribution in [2.24, 2.45) is 0 Å². The van der Waals surface area contributed by atoms with Crippen LogP contribution in [0.1, 0.15) is 31.0 Å². The Balaban J connectivity index is 2.06. The van der Waals surface area contributed by atoms with Gasteiger partial charge in [0.15, 0.2) is 0 Å². The van der Waals surface area contributed by atoms with Crippen LogP contribution in [0.15, 0.2) is 36.8 Å². The topological polar surface area (TPSA) is 53.4 Å². The summed E-state index contributed by atoms with van der Waals surface area (Å²) in [6.45, 7) is 4.39. The van der Waals surface area contributed by atoms with E-state index in [0.717, 1.165) is 5.75 Å². The highest BCUT2D eigenvalue weighted by molar-refractivity contribution is 8.00. The minimum absolute atomic E-state index is 0.0320. The summed E-state index contributed by atoms with van der Waals surface area (Å²) in [5.41, 5.74) is 2.54. The zero-order chi connectivity index (χ0) is 15.7. The number of methoxy groups -OCH3 is 1. The van der Waals surface area contributed by atoms with Crippen LogP contribution >= 0.6 is 11.8 Å². The molecule has 22 heavy (non-hydrogen) atoms. The lowest BCUT2D eigenvalue weighted by Crippen LogP contribution is -2.35. The molecule has 0 saturated carbocycles. The number of carbonyl (C=O) groups excluding carboxylic acids is 1. The zero-order valence-corrected chi connectivity index (χ0v) is 13.6. The summed E-state index contributed by atoms with van der Waals surface area (Å²) in [6.07, 6.45) is 2.50. The zero-order valence-electron chi connectivity index (χ0n) is 12.8. The summed E-state index contributed by atoms with van der Waals surface area (Å²) >= 11 is 1.88. The van der Waals surface area contributed by atoms with Gasteiger partial charge in [-0.1, -0.05) is 24.3 Å². The van der Waals surface area contributed by atoms with E-state index >= 15 is 0 Å². The fourth-order valence-corrected chi connectivity index (χ4v) is 4.02. The summed E-state index contributed by atoms with van der Waals surface area (Å²) in [4.78, 5) is 15.6. The third-order valence-corrected chi connectivity index (χ3v) is 5.29. The first kappa shape index (κ1) is 15.0. The minimum atomic E-state index is -0.740. The highest BCUT2D eigenvalue weighted by Crippen LogP contribution is 2.48. The van der Waals surface area contributed by atoms with Crippen LogP contribution in [-0.2, 0) is 10.5 Å². The van der Waals surface area contributed by atoms with Crippen LogP contribution in [0.25, 0.3) is 0 Å². The van der Waals surface area contributed by atoms with Gasteiger partial charge in [0.25, 0.3) is 0 Å². The maximum Gasteiger partial charge on any atom is 0.514 e. The molecular weight excluding hydrogens is 300 g/mol. The fraction of sp³-hybridized carbons (Fsp3) is 0.375. The molecular formula is C16H18N2O3S. The number of nitrogens with zero attached hydrogens (tertiary/aromatic N) is 2. The third kappa shape index (κ3) is 2.59. The molecule has 3 rings (SSSR count). The summed E-state index contributed by atoms with van der Waals surface area (Å²) in [5, 5.41) is 0. The number of carbonyl (C=O) groups is 1. The molecule has 6 heteroatoms. The van der Waals surface area contributed by atoms with Crippen molar-refractivity contribution < 1.29 is 14.3 Å². The van der Waals surface area contributed by atoms with Gasteiger partial charge in [0.05, 0.1) is 25.7 Å². The van der Waals surface area contributed by atoms with E-state index in [1.807, 2.05) is 22.4 Å². The number of rotatable bonds is 2. The lowest BCUT2D eigenvalue weighted by molar-refractivity contribution is 0.117. The molecule has 1 aliphatic heterocycles. The number of hydrogen-bond donors (Lipinski definition) is 0. The molecule has 0 N–H and O–H groups in total. The smallest absolute Gasteiger partial charge is 0.437 e. The molecule has 0 bridgehead atoms. The molecule has 1 aromatic carbocycles. The van der Waals surface area contributed by atoms with Gasteiger partial charge >= 0.3 is 6.16 Å². The monoisotopic (exact) mass is 318 g/mol. The van der Waals surface area contributed by atoms with E-state index in [1.54, 1.807) is 6.33 Å². The number of thioether (sulfide) groups is 1. The van der Waals surface area contributed by atoms with E-state index in [1.165, 1.54) is 24.4 Å². The lowest BCUT2D eigenvalue weighted by atomic mass is 9.91. The second-order valence-electron chi connectivity index (χ2n) is 5.69. The maximum atomic E-state index is 11.4. The van der Waals surface area contributed by atoms with Crippen molar-refractivity contribution in [2.45, 2.75) is 30.4 Å². The Bertz CT molecular complexity index is 696. The van der Waals surface area contributed by atoms with Gasteiger partial charge in [0.1, 0.15) is 0 Å². The van der Waals surface area contributed by atoms with E-state index in [9.17, 15) is 4.79 Å². The van der Waals surface area contributed by atoms with Crippen molar-refractivity contribution in [3.63, 3.8) is 0 Å². The predicted octanol–water partition coefficient (Wildman–Crippen LogP) is 3.64. The number of ether oxygens (including phenoxy) is 2. The first-order chi connectivity index (χ1) is 10.5. The standard InChI is InChI=1S/C16H18N2O3S/c1-16(2)14(12-7-5-4-6-11(12)9-22-16)18-10-17-8-13(18)21-15(19)20-3/h4-8,10,14H,9H2,1-3H3. The molecule has 0 radical (unpaired) electrons. The lowest BCUT2D eigenvalue weighted by Gasteiger charge is -2.40. The molecule has 1 atom stereocenters. The van der Waals surface area contributed by atoms with Gasteiger partial charge in [0.2, 0.25) is 5.88 Å². The minimum Gasteiger partial charge on any atom is -0.437 e. The van der Waals surface area contributed by atoms with Crippen molar-refractivity contribution in [1.82, 2.24) is 9.55 Å². The molecule has 116 valence electrons. The third-order valence-electron chi connectivity index (χ3n) is 3.87. The van der Waals surface area contributed by atoms with E-state index in [2.05, 4.69) is 41.8 Å². The van der Waals surface area contributed by atoms with Crippen molar-refractivity contribution in [1.29, 1.82) is 0 Å². The Morgan fingerprint density at radius 1 is 1.41 bits per heavy atom. The van der Waals surface area contributed by atoms with Crippen LogP contribution in [0.2, 0.25) is 0 Å². The highest BCUT2D eigenvalue weighted by atomic mass is 32.2. The molecule has 1 aliphatic rings. The molecule has 0 fully saturated rings. The number of fused-ring (bicyclic) bond motifs is 1. The predicted molar refractivity (Wildman–Crippen MR) is 85.2 cm³/mol. The number of aromatic nitrogens is 2. The SMILES string of the molecule is COC(=O)Oc1cncn1C1c2ccccc2CSC1(C)C. The van der Waals surface area contributed by atoms with Gasteiger partial charge in [0, 0.05) is 10.5 Å². The Kier molecular flexibility index (Phi) is 3.87. The van der Waals surface area contributed by atoms with Gasteiger partial charge in [-0.25, -0.2) is 9.78 Å². The van der Waals surface area contributed by atoms with E-state index < -0.39 is 6.16 Å². The fourth-order valence-electron chi connectivity index (χ4n) is 2.83. The Morgan fingerprint density at radius 3 is 2.95 bits per heavy atom. The summed E-state index contributed by atoms with van der Waals surface area (Å²) < 4.78 is 11.7. The highest BCUT2D eigenvalue weighted by Gasteiger charge is 2.39. The quantitative estimate of drug-likeness (QED) is 0.791. The van der Waals surface area contributed by atoms with Gasteiger partial charge in [-0.15, -0.1) is 11.8 Å². The van der Waals surface area contributed by atoms with Crippen LogP contribution in [0.5, 0.6) is 5.88 Å². The molecule has 1 unspecified atom stereocenters. The van der Waals surface area contributed by atoms with E-state index in [-0.39, 0.29) is 10.8 Å². The molecule has 0 aliphatic carbocycles. The van der Waals surface area contributed by atoms with Crippen LogP contribution in [-0.4, -0.2) is 27.6 Å². The summed E-state index contributed by atoms with van der Waals surface area (Å²) in [6, 6.07) is 8.39. The molecule has 2 aromatic rings. The van der Waals surface area contributed by atoms with Gasteiger partial charge < -0.3 is 9.47 Å². The molecule has 0 spiro atoms. The van der Waals surface area contributed by atoms with E-state index in [0.29, 0.717) is 5.88 Å². The second-order valence-corrected chi connectivity index (χ2v) is 7.32. The number of hydrogen-bond acceptors (Lipinski definition) is 5. The number of imidazole rings is 1. The normalized spacial score (nSPS) is 19.3. The average Bonchev–Trinajstić information content (AvgIpc) is 2.94. The van der Waals surface area contributed by atoms with Crippen LogP contribution in [0.3, 0.4) is 0 Å². The van der Waals surface area contributed by atoms with Gasteiger partial charge in [-0.3, -0.25) is 4.57 Å². The molecule has 1 aromatic heterocycles. The molecule has 2 heterocycles. The molecule has 5 nitrogen and oxygen atoms in total. The van der Waals surface area contributed by atoms with Gasteiger partial charge in [-0.2, -0.15) is 0 Å². The first-order valence-corrected chi connectivity index (χ1v) is 8.01.